The van der Waals surface area contributed by atoms with Crippen LogP contribution in [0.4, 0.5) is 4.79 Å². The molecule has 0 saturated carbocycles. The van der Waals surface area contributed by atoms with Crippen molar-refractivity contribution in [1.82, 2.24) is 4.90 Å². The standard InChI is InChI=1S/C16H27NO3/c1-15(2,3)20-14(18)17-11-16(19,12-17)13-9-7-5-4-6-8-10-13/h9,19H,4-8,10-12H2,1-3H3. The molecule has 114 valence electrons. The smallest absolute Gasteiger partial charge is 0.410 e. The van der Waals surface area contributed by atoms with Gasteiger partial charge in [0.15, 0.2) is 0 Å². The zero-order valence-corrected chi connectivity index (χ0v) is 12.9. The van der Waals surface area contributed by atoms with Gasteiger partial charge in [0.05, 0.1) is 13.1 Å². The highest BCUT2D eigenvalue weighted by atomic mass is 16.6. The van der Waals surface area contributed by atoms with Gasteiger partial charge < -0.3 is 14.7 Å². The second-order valence-corrected chi connectivity index (χ2v) is 7.05. The fourth-order valence-corrected chi connectivity index (χ4v) is 2.86. The highest BCUT2D eigenvalue weighted by molar-refractivity contribution is 5.70. The summed E-state index contributed by atoms with van der Waals surface area (Å²) in [7, 11) is 0. The Morgan fingerprint density at radius 3 is 2.55 bits per heavy atom. The van der Waals surface area contributed by atoms with Gasteiger partial charge >= 0.3 is 6.09 Å². The molecule has 1 amide bonds. The van der Waals surface area contributed by atoms with E-state index in [1.165, 1.54) is 19.3 Å². The van der Waals surface area contributed by atoms with Crippen LogP contribution in [-0.2, 0) is 4.74 Å². The number of hydrogen-bond donors (Lipinski definition) is 1. The molecule has 0 aromatic carbocycles. The molecular weight excluding hydrogens is 254 g/mol. The van der Waals surface area contributed by atoms with Crippen molar-refractivity contribution in [2.75, 3.05) is 13.1 Å². The van der Waals surface area contributed by atoms with Crippen molar-refractivity contribution in [3.63, 3.8) is 0 Å². The second kappa shape index (κ2) is 5.76. The van der Waals surface area contributed by atoms with E-state index < -0.39 is 11.2 Å². The zero-order valence-electron chi connectivity index (χ0n) is 12.9. The summed E-state index contributed by atoms with van der Waals surface area (Å²) in [4.78, 5) is 13.5. The van der Waals surface area contributed by atoms with Crippen molar-refractivity contribution in [3.8, 4) is 0 Å². The minimum Gasteiger partial charge on any atom is -0.444 e. The Hall–Kier alpha value is -1.03. The highest BCUT2D eigenvalue weighted by Gasteiger charge is 2.47. The van der Waals surface area contributed by atoms with Crippen LogP contribution < -0.4 is 0 Å². The van der Waals surface area contributed by atoms with Crippen LogP contribution >= 0.6 is 0 Å². The van der Waals surface area contributed by atoms with Crippen LogP contribution in [0.5, 0.6) is 0 Å². The molecular formula is C16H27NO3. The number of β-amino-alcohol motifs (C(OH)–C–C–N with tert-alkyl or cyclic N) is 1. The SMILES string of the molecule is CC(C)(C)OC(=O)N1CC(O)(C2=CCCCCCC2)C1. The first kappa shape index (κ1) is 15.4. The van der Waals surface area contributed by atoms with Gasteiger partial charge in [0.1, 0.15) is 11.2 Å². The molecule has 0 atom stereocenters. The minimum atomic E-state index is -0.811. The van der Waals surface area contributed by atoms with Gasteiger partial charge in [0.25, 0.3) is 0 Å². The average molecular weight is 281 g/mol. The lowest BCUT2D eigenvalue weighted by Crippen LogP contribution is -2.65. The Morgan fingerprint density at radius 1 is 1.25 bits per heavy atom. The van der Waals surface area contributed by atoms with Crippen LogP contribution in [-0.4, -0.2) is 40.4 Å². The topological polar surface area (TPSA) is 49.8 Å². The number of rotatable bonds is 1. The maximum atomic E-state index is 11.9. The Kier molecular flexibility index (Phi) is 4.43. The quantitative estimate of drug-likeness (QED) is 0.751. The van der Waals surface area contributed by atoms with Gasteiger partial charge in [-0.25, -0.2) is 4.79 Å². The number of hydrogen-bond acceptors (Lipinski definition) is 3. The van der Waals surface area contributed by atoms with E-state index in [-0.39, 0.29) is 6.09 Å². The van der Waals surface area contributed by atoms with E-state index in [0.29, 0.717) is 13.1 Å². The molecule has 0 aromatic rings. The molecule has 1 aliphatic carbocycles. The van der Waals surface area contributed by atoms with Gasteiger partial charge in [-0.1, -0.05) is 18.9 Å². The lowest BCUT2D eigenvalue weighted by molar-refractivity contribution is -0.0774. The van der Waals surface area contributed by atoms with E-state index in [2.05, 4.69) is 6.08 Å². The fraction of sp³-hybridized carbons (Fsp3) is 0.812. The average Bonchev–Trinajstić information content (AvgIpc) is 2.21. The summed E-state index contributed by atoms with van der Waals surface area (Å²) in [6, 6.07) is 0. The summed E-state index contributed by atoms with van der Waals surface area (Å²) in [6.07, 6.45) is 8.73. The molecule has 2 rings (SSSR count). The number of carbonyl (C=O) groups excluding carboxylic acids is 1. The molecule has 2 aliphatic rings. The summed E-state index contributed by atoms with van der Waals surface area (Å²) in [5.74, 6) is 0. The van der Waals surface area contributed by atoms with Crippen molar-refractivity contribution >= 4 is 6.09 Å². The number of likely N-dealkylation sites (tertiary alicyclic amines) is 1. The van der Waals surface area contributed by atoms with E-state index in [1.54, 1.807) is 4.90 Å². The molecule has 20 heavy (non-hydrogen) atoms. The summed E-state index contributed by atoms with van der Waals surface area (Å²) in [5.41, 5.74) is -0.171. The Bertz CT molecular complexity index is 389. The van der Waals surface area contributed by atoms with Crippen LogP contribution in [0.3, 0.4) is 0 Å². The van der Waals surface area contributed by atoms with Crippen LogP contribution in [0.1, 0.15) is 59.3 Å². The molecule has 1 saturated heterocycles. The number of amides is 1. The largest absolute Gasteiger partial charge is 0.444 e. The van der Waals surface area contributed by atoms with E-state index in [1.807, 2.05) is 20.8 Å². The molecule has 1 aliphatic heterocycles. The highest BCUT2D eigenvalue weighted by Crippen LogP contribution is 2.34. The van der Waals surface area contributed by atoms with Crippen molar-refractivity contribution in [2.45, 2.75) is 70.5 Å². The van der Waals surface area contributed by atoms with Crippen molar-refractivity contribution in [3.05, 3.63) is 11.6 Å². The van der Waals surface area contributed by atoms with Gasteiger partial charge in [0, 0.05) is 0 Å². The van der Waals surface area contributed by atoms with Crippen molar-refractivity contribution in [2.24, 2.45) is 0 Å². The molecule has 0 bridgehead atoms. The van der Waals surface area contributed by atoms with E-state index >= 15 is 0 Å². The third kappa shape index (κ3) is 3.75. The normalized spacial score (nSPS) is 23.2. The van der Waals surface area contributed by atoms with Crippen molar-refractivity contribution < 1.29 is 14.6 Å². The Labute approximate surface area is 121 Å². The van der Waals surface area contributed by atoms with Gasteiger partial charge in [-0.05, 0) is 52.0 Å². The van der Waals surface area contributed by atoms with E-state index in [0.717, 1.165) is 24.8 Å². The van der Waals surface area contributed by atoms with Crippen LogP contribution in [0, 0.1) is 0 Å². The predicted octanol–water partition coefficient (Wildman–Crippen LogP) is 3.25. The van der Waals surface area contributed by atoms with Crippen molar-refractivity contribution in [1.29, 1.82) is 0 Å². The van der Waals surface area contributed by atoms with Gasteiger partial charge in [-0.2, -0.15) is 0 Å². The first-order valence-electron chi connectivity index (χ1n) is 7.70. The third-order valence-electron chi connectivity index (χ3n) is 3.95. The number of allylic oxidation sites excluding steroid dienone is 1. The van der Waals surface area contributed by atoms with E-state index in [4.69, 9.17) is 4.74 Å². The predicted molar refractivity (Wildman–Crippen MR) is 78.5 cm³/mol. The molecule has 0 spiro atoms. The molecule has 1 heterocycles. The number of carbonyl (C=O) groups is 1. The maximum absolute atomic E-state index is 11.9. The van der Waals surface area contributed by atoms with Crippen LogP contribution in [0.15, 0.2) is 11.6 Å². The zero-order chi connectivity index (χ0) is 14.8. The van der Waals surface area contributed by atoms with E-state index in [9.17, 15) is 9.90 Å². The molecule has 4 nitrogen and oxygen atoms in total. The summed E-state index contributed by atoms with van der Waals surface area (Å²) >= 11 is 0. The third-order valence-corrected chi connectivity index (χ3v) is 3.95. The minimum absolute atomic E-state index is 0.325. The van der Waals surface area contributed by atoms with Crippen LogP contribution in [0.2, 0.25) is 0 Å². The maximum Gasteiger partial charge on any atom is 0.410 e. The number of ether oxygens (including phenoxy) is 1. The summed E-state index contributed by atoms with van der Waals surface area (Å²) in [5, 5.41) is 10.7. The second-order valence-electron chi connectivity index (χ2n) is 7.05. The Morgan fingerprint density at radius 2 is 1.90 bits per heavy atom. The Balaban J connectivity index is 1.91. The molecule has 4 heteroatoms. The first-order chi connectivity index (χ1) is 9.30. The van der Waals surface area contributed by atoms with Gasteiger partial charge in [-0.3, -0.25) is 0 Å². The number of aliphatic hydroxyl groups is 1. The first-order valence-corrected chi connectivity index (χ1v) is 7.70. The van der Waals surface area contributed by atoms with Crippen LogP contribution in [0.25, 0.3) is 0 Å². The molecule has 1 fully saturated rings. The lowest BCUT2D eigenvalue weighted by atomic mass is 9.81. The fourth-order valence-electron chi connectivity index (χ4n) is 2.86. The monoisotopic (exact) mass is 281 g/mol. The molecule has 0 radical (unpaired) electrons. The lowest BCUT2D eigenvalue weighted by Gasteiger charge is -2.48. The summed E-state index contributed by atoms with van der Waals surface area (Å²) in [6.45, 7) is 6.30. The number of nitrogens with zero attached hydrogens (tertiary/aromatic N) is 1. The summed E-state index contributed by atoms with van der Waals surface area (Å²) < 4.78 is 5.32. The van der Waals surface area contributed by atoms with Gasteiger partial charge in [-0.15, -0.1) is 0 Å². The van der Waals surface area contributed by atoms with Gasteiger partial charge in [0.2, 0.25) is 0 Å². The molecule has 0 aromatic heterocycles. The molecule has 1 N–H and O–H groups in total. The molecule has 0 unspecified atom stereocenters.